The number of aryl methyl sites for hydroxylation is 2. The maximum atomic E-state index is 11.0. The Morgan fingerprint density at radius 1 is 0.569 bits per heavy atom. The standard InChI is InChI=1S/C46H45BN4/c1-7-9-16-30-24-32(28-48)42-36(26-30)46(5,6)37-27-31(17-10-8-2)25-33(29-49)43(37)51(42)47-38-20-12-14-23-41(38)50-40-22-13-11-18-34(40)45(3,4)35-19-15-21-39(47)44(35)50/h11-15,18-27H,7-10,16-17H2,1-6H3. The Kier molecular flexibility index (Phi) is 7.88. The van der Waals surface area contributed by atoms with E-state index in [0.717, 1.165) is 72.2 Å². The highest BCUT2D eigenvalue weighted by Gasteiger charge is 2.50. The summed E-state index contributed by atoms with van der Waals surface area (Å²) in [7, 11) is 0. The zero-order valence-electron chi connectivity index (χ0n) is 30.8. The first kappa shape index (κ1) is 32.9. The summed E-state index contributed by atoms with van der Waals surface area (Å²) in [4.78, 5) is 4.87. The highest BCUT2D eigenvalue weighted by Crippen LogP contribution is 2.56. The second kappa shape index (κ2) is 12.2. The maximum absolute atomic E-state index is 11.0. The SMILES string of the molecule is CCCCc1cc(C#N)c2c(c1)C(C)(C)c1cc(CCCC)cc(C#N)c1N2B1c2ccccc2N2c3ccccc3C(C)(C)c3cccc1c32. The zero-order valence-corrected chi connectivity index (χ0v) is 30.8. The number of unbranched alkanes of at least 4 members (excludes halogenated alkanes) is 2. The molecule has 8 rings (SSSR count). The molecule has 3 aliphatic heterocycles. The summed E-state index contributed by atoms with van der Waals surface area (Å²) in [5, 5.41) is 22.0. The second-order valence-electron chi connectivity index (χ2n) is 15.7. The van der Waals surface area contributed by atoms with Crippen molar-refractivity contribution in [2.75, 3.05) is 9.71 Å². The number of nitrogens with zero attached hydrogens (tertiary/aromatic N) is 4. The van der Waals surface area contributed by atoms with Crippen LogP contribution in [-0.2, 0) is 23.7 Å². The number of para-hydroxylation sites is 3. The van der Waals surface area contributed by atoms with Crippen LogP contribution in [0.4, 0.5) is 28.4 Å². The molecule has 4 nitrogen and oxygen atoms in total. The van der Waals surface area contributed by atoms with Gasteiger partial charge in [-0.1, -0.05) is 121 Å². The normalized spacial score (nSPS) is 15.5. The van der Waals surface area contributed by atoms with E-state index in [1.807, 2.05) is 0 Å². The summed E-state index contributed by atoms with van der Waals surface area (Å²) in [5.74, 6) is 0. The first-order valence-electron chi connectivity index (χ1n) is 18.7. The van der Waals surface area contributed by atoms with Crippen molar-refractivity contribution in [3.05, 3.63) is 136 Å². The molecule has 5 aromatic carbocycles. The smallest absolute Gasteiger partial charge is 0.332 e. The molecule has 5 heteroatoms. The van der Waals surface area contributed by atoms with Crippen LogP contribution in [0, 0.1) is 22.7 Å². The highest BCUT2D eigenvalue weighted by molar-refractivity contribution is 6.92. The van der Waals surface area contributed by atoms with Crippen molar-refractivity contribution in [3.63, 3.8) is 0 Å². The lowest BCUT2D eigenvalue weighted by Crippen LogP contribution is -2.62. The van der Waals surface area contributed by atoms with Crippen LogP contribution in [0.25, 0.3) is 0 Å². The number of hydrogen-bond acceptors (Lipinski definition) is 4. The molecule has 0 saturated heterocycles. The van der Waals surface area contributed by atoms with E-state index >= 15 is 0 Å². The molecule has 0 N–H and O–H groups in total. The lowest BCUT2D eigenvalue weighted by atomic mass is 9.44. The molecule has 0 unspecified atom stereocenters. The average molecular weight is 665 g/mol. The molecule has 0 bridgehead atoms. The number of benzene rings is 5. The van der Waals surface area contributed by atoms with E-state index < -0.39 is 5.41 Å². The number of nitriles is 2. The predicted octanol–water partition coefficient (Wildman–Crippen LogP) is 10.1. The van der Waals surface area contributed by atoms with Crippen LogP contribution in [0.5, 0.6) is 0 Å². The monoisotopic (exact) mass is 664 g/mol. The highest BCUT2D eigenvalue weighted by atomic mass is 15.2. The average Bonchev–Trinajstić information content (AvgIpc) is 3.15. The van der Waals surface area contributed by atoms with Gasteiger partial charge in [-0.2, -0.15) is 10.5 Å². The van der Waals surface area contributed by atoms with Crippen LogP contribution < -0.4 is 20.6 Å². The summed E-state index contributed by atoms with van der Waals surface area (Å²) < 4.78 is 0. The van der Waals surface area contributed by atoms with Gasteiger partial charge in [0, 0.05) is 22.2 Å². The molecular weight excluding hydrogens is 619 g/mol. The number of fused-ring (bicyclic) bond motifs is 6. The molecule has 0 aromatic heterocycles. The van der Waals surface area contributed by atoms with E-state index in [-0.39, 0.29) is 12.3 Å². The molecule has 0 spiro atoms. The quantitative estimate of drug-likeness (QED) is 0.163. The summed E-state index contributed by atoms with van der Waals surface area (Å²) in [6.07, 6.45) is 6.20. The van der Waals surface area contributed by atoms with Gasteiger partial charge in [0.15, 0.2) is 0 Å². The van der Waals surface area contributed by atoms with Gasteiger partial charge in [-0.15, -0.1) is 0 Å². The fraction of sp³-hybridized carbons (Fsp3) is 0.304. The van der Waals surface area contributed by atoms with Gasteiger partial charge in [-0.05, 0) is 94.3 Å². The van der Waals surface area contributed by atoms with E-state index in [4.69, 9.17) is 0 Å². The predicted molar refractivity (Wildman–Crippen MR) is 212 cm³/mol. The fourth-order valence-electron chi connectivity index (χ4n) is 9.21. The molecule has 0 saturated carbocycles. The first-order valence-corrected chi connectivity index (χ1v) is 18.7. The molecule has 252 valence electrons. The minimum atomic E-state index is -0.430. The third kappa shape index (κ3) is 4.78. The maximum Gasteiger partial charge on any atom is 0.332 e. The van der Waals surface area contributed by atoms with Crippen molar-refractivity contribution < 1.29 is 0 Å². The van der Waals surface area contributed by atoms with Crippen molar-refractivity contribution in [2.24, 2.45) is 0 Å². The number of rotatable bonds is 7. The van der Waals surface area contributed by atoms with Gasteiger partial charge in [-0.25, -0.2) is 0 Å². The van der Waals surface area contributed by atoms with E-state index in [9.17, 15) is 10.5 Å². The van der Waals surface area contributed by atoms with Crippen molar-refractivity contribution in [2.45, 2.75) is 90.9 Å². The summed E-state index contributed by atoms with van der Waals surface area (Å²) in [5.41, 5.74) is 15.7. The Morgan fingerprint density at radius 3 is 1.67 bits per heavy atom. The molecule has 0 aliphatic carbocycles. The van der Waals surface area contributed by atoms with Crippen molar-refractivity contribution in [1.29, 1.82) is 10.5 Å². The molecule has 0 atom stereocenters. The lowest BCUT2D eigenvalue weighted by Gasteiger charge is -2.51. The van der Waals surface area contributed by atoms with Crippen LogP contribution >= 0.6 is 0 Å². The first-order chi connectivity index (χ1) is 24.7. The molecule has 51 heavy (non-hydrogen) atoms. The number of hydrogen-bond donors (Lipinski definition) is 0. The van der Waals surface area contributed by atoms with Gasteiger partial charge < -0.3 is 9.71 Å². The topological polar surface area (TPSA) is 54.1 Å². The van der Waals surface area contributed by atoms with Gasteiger partial charge >= 0.3 is 6.85 Å². The Bertz CT molecular complexity index is 2220. The van der Waals surface area contributed by atoms with E-state index in [0.29, 0.717) is 11.1 Å². The molecule has 3 aliphatic rings. The largest absolute Gasteiger partial charge is 0.374 e. The van der Waals surface area contributed by atoms with E-state index in [1.54, 1.807) is 0 Å². The fourth-order valence-corrected chi connectivity index (χ4v) is 9.21. The van der Waals surface area contributed by atoms with Crippen LogP contribution in [0.1, 0.15) is 112 Å². The Labute approximate surface area is 304 Å². The molecule has 0 radical (unpaired) electrons. The number of anilines is 5. The van der Waals surface area contributed by atoms with Crippen LogP contribution in [0.15, 0.2) is 91.0 Å². The van der Waals surface area contributed by atoms with Gasteiger partial charge in [0.2, 0.25) is 0 Å². The molecule has 3 heterocycles. The van der Waals surface area contributed by atoms with Gasteiger partial charge in [0.25, 0.3) is 0 Å². The third-order valence-electron chi connectivity index (χ3n) is 11.9. The Morgan fingerprint density at radius 2 is 1.08 bits per heavy atom. The Balaban J connectivity index is 1.49. The molecule has 5 aromatic rings. The lowest BCUT2D eigenvalue weighted by molar-refractivity contribution is 0.628. The van der Waals surface area contributed by atoms with Crippen molar-refractivity contribution in [3.8, 4) is 12.1 Å². The minimum Gasteiger partial charge on any atom is -0.374 e. The molecule has 0 fully saturated rings. The van der Waals surface area contributed by atoms with E-state index in [1.165, 1.54) is 39.1 Å². The molecular formula is C46H45BN4. The van der Waals surface area contributed by atoms with Crippen LogP contribution in [0.2, 0.25) is 0 Å². The zero-order chi connectivity index (χ0) is 35.7. The summed E-state index contributed by atoms with van der Waals surface area (Å²) in [6.45, 7) is 13.4. The second-order valence-corrected chi connectivity index (χ2v) is 15.7. The third-order valence-corrected chi connectivity index (χ3v) is 11.9. The van der Waals surface area contributed by atoms with Crippen LogP contribution in [-0.4, -0.2) is 6.85 Å². The van der Waals surface area contributed by atoms with Gasteiger partial charge in [-0.3, -0.25) is 0 Å². The summed E-state index contributed by atoms with van der Waals surface area (Å²) >= 11 is 0. The Hall–Kier alpha value is -5.26. The van der Waals surface area contributed by atoms with Gasteiger partial charge in [0.1, 0.15) is 12.1 Å². The van der Waals surface area contributed by atoms with Gasteiger partial charge in [0.05, 0.1) is 28.2 Å². The van der Waals surface area contributed by atoms with Crippen molar-refractivity contribution in [1.82, 2.24) is 0 Å². The minimum absolute atomic E-state index is 0.229. The summed E-state index contributed by atoms with van der Waals surface area (Å²) in [6, 6.07) is 38.6. The van der Waals surface area contributed by atoms with E-state index in [2.05, 4.69) is 154 Å². The van der Waals surface area contributed by atoms with Crippen molar-refractivity contribution >= 4 is 46.2 Å². The molecule has 0 amide bonds. The van der Waals surface area contributed by atoms with Crippen LogP contribution in [0.3, 0.4) is 0 Å².